The number of benzene rings is 1. The first-order valence-corrected chi connectivity index (χ1v) is 12.1. The van der Waals surface area contributed by atoms with Crippen LogP contribution in [0.25, 0.3) is 0 Å². The summed E-state index contributed by atoms with van der Waals surface area (Å²) < 4.78 is 11.6. The predicted octanol–water partition coefficient (Wildman–Crippen LogP) is 2.66. The van der Waals surface area contributed by atoms with E-state index in [1.165, 1.54) is 38.0 Å². The largest absolute Gasteiger partial charge is 0.490 e. The van der Waals surface area contributed by atoms with Gasteiger partial charge in [-0.05, 0) is 49.9 Å². The van der Waals surface area contributed by atoms with Crippen molar-refractivity contribution in [2.24, 2.45) is 0 Å². The van der Waals surface area contributed by atoms with Crippen molar-refractivity contribution in [3.8, 4) is 5.75 Å². The number of anilines is 1. The molecule has 7 nitrogen and oxygen atoms in total. The Morgan fingerprint density at radius 3 is 2.06 bits per heavy atom. The first-order valence-electron chi connectivity index (χ1n) is 12.1. The van der Waals surface area contributed by atoms with E-state index in [0.717, 1.165) is 50.8 Å². The number of carbonyl (C=O) groups is 1. The van der Waals surface area contributed by atoms with Crippen LogP contribution in [0.2, 0.25) is 0 Å². The molecular weight excluding hydrogens is 392 g/mol. The Hall–Kier alpha value is -1.99. The molecule has 5 rings (SSSR count). The van der Waals surface area contributed by atoms with Gasteiger partial charge < -0.3 is 29.1 Å². The third-order valence-corrected chi connectivity index (χ3v) is 7.40. The zero-order valence-corrected chi connectivity index (χ0v) is 18.6. The van der Waals surface area contributed by atoms with Crippen molar-refractivity contribution in [1.82, 2.24) is 14.7 Å². The fourth-order valence-corrected chi connectivity index (χ4v) is 5.15. The van der Waals surface area contributed by atoms with Gasteiger partial charge >= 0.3 is 6.03 Å². The number of rotatable bonds is 4. The van der Waals surface area contributed by atoms with Crippen LogP contribution in [0.1, 0.15) is 32.1 Å². The van der Waals surface area contributed by atoms with E-state index >= 15 is 0 Å². The second-order valence-electron chi connectivity index (χ2n) is 9.29. The van der Waals surface area contributed by atoms with E-state index < -0.39 is 0 Å². The lowest BCUT2D eigenvalue weighted by molar-refractivity contribution is 0.0428. The van der Waals surface area contributed by atoms with Crippen LogP contribution in [0.3, 0.4) is 0 Å². The first kappa shape index (κ1) is 20.9. The molecule has 0 unspecified atom stereocenters. The Bertz CT molecular complexity index is 717. The maximum atomic E-state index is 12.7. The van der Waals surface area contributed by atoms with Gasteiger partial charge in [-0.1, -0.05) is 6.42 Å². The van der Waals surface area contributed by atoms with Crippen molar-refractivity contribution < 1.29 is 14.3 Å². The Morgan fingerprint density at radius 1 is 0.806 bits per heavy atom. The molecule has 0 spiro atoms. The number of amides is 2. The standard InChI is InChI=1S/C24H36N4O3/c29-24(28-16-18-30-19-17-28)27-14-12-26(13-15-27)21-4-6-22(7-5-21)31-23-8-10-25(11-9-23)20-2-1-3-20/h4-7,20,23H,1-3,8-19H2. The molecule has 0 atom stereocenters. The molecular formula is C24H36N4O3. The molecule has 3 heterocycles. The van der Waals surface area contributed by atoms with Gasteiger partial charge in [-0.25, -0.2) is 4.79 Å². The fourth-order valence-electron chi connectivity index (χ4n) is 5.15. The topological polar surface area (TPSA) is 48.5 Å². The highest BCUT2D eigenvalue weighted by Crippen LogP contribution is 2.29. The van der Waals surface area contributed by atoms with Gasteiger partial charge in [-0.3, -0.25) is 0 Å². The van der Waals surface area contributed by atoms with Crippen molar-refractivity contribution in [2.45, 2.75) is 44.2 Å². The maximum Gasteiger partial charge on any atom is 0.320 e. The SMILES string of the molecule is O=C(N1CCOCC1)N1CCN(c2ccc(OC3CCN(C4CCC4)CC3)cc2)CC1. The van der Waals surface area contributed by atoms with Crippen molar-refractivity contribution in [3.05, 3.63) is 24.3 Å². The summed E-state index contributed by atoms with van der Waals surface area (Å²) in [6.45, 7) is 8.37. The molecule has 1 aromatic carbocycles. The molecule has 2 amide bonds. The van der Waals surface area contributed by atoms with E-state index in [1.807, 2.05) is 9.80 Å². The van der Waals surface area contributed by atoms with E-state index in [1.54, 1.807) is 0 Å². The highest BCUT2D eigenvalue weighted by atomic mass is 16.5. The second-order valence-corrected chi connectivity index (χ2v) is 9.29. The Morgan fingerprint density at radius 2 is 1.45 bits per heavy atom. The van der Waals surface area contributed by atoms with Crippen LogP contribution in [0.4, 0.5) is 10.5 Å². The van der Waals surface area contributed by atoms with Crippen LogP contribution in [0, 0.1) is 0 Å². The van der Waals surface area contributed by atoms with E-state index in [9.17, 15) is 4.79 Å². The number of piperazine rings is 1. The van der Waals surface area contributed by atoms with Gasteiger partial charge in [0, 0.05) is 64.1 Å². The summed E-state index contributed by atoms with van der Waals surface area (Å²) in [7, 11) is 0. The van der Waals surface area contributed by atoms with E-state index in [-0.39, 0.29) is 6.03 Å². The van der Waals surface area contributed by atoms with Gasteiger partial charge in [-0.2, -0.15) is 0 Å². The van der Waals surface area contributed by atoms with E-state index in [4.69, 9.17) is 9.47 Å². The zero-order chi connectivity index (χ0) is 21.0. The van der Waals surface area contributed by atoms with Gasteiger partial charge in [0.15, 0.2) is 0 Å². The second kappa shape index (κ2) is 9.65. The minimum absolute atomic E-state index is 0.162. The number of ether oxygens (including phenoxy) is 2. The van der Waals surface area contributed by atoms with Crippen LogP contribution in [-0.2, 0) is 4.74 Å². The molecule has 3 aliphatic heterocycles. The van der Waals surface area contributed by atoms with Crippen LogP contribution in [0.15, 0.2) is 24.3 Å². The quantitative estimate of drug-likeness (QED) is 0.738. The Kier molecular flexibility index (Phi) is 6.50. The van der Waals surface area contributed by atoms with Crippen LogP contribution in [0.5, 0.6) is 5.75 Å². The monoisotopic (exact) mass is 428 g/mol. The third kappa shape index (κ3) is 4.93. The summed E-state index contributed by atoms with van der Waals surface area (Å²) in [5.41, 5.74) is 1.21. The zero-order valence-electron chi connectivity index (χ0n) is 18.6. The lowest BCUT2D eigenvalue weighted by atomic mass is 9.90. The number of hydrogen-bond acceptors (Lipinski definition) is 5. The number of nitrogens with zero attached hydrogens (tertiary/aromatic N) is 4. The molecule has 0 bridgehead atoms. The molecule has 0 N–H and O–H groups in total. The van der Waals surface area contributed by atoms with Crippen molar-refractivity contribution in [1.29, 1.82) is 0 Å². The molecule has 1 aliphatic carbocycles. The molecule has 31 heavy (non-hydrogen) atoms. The third-order valence-electron chi connectivity index (χ3n) is 7.40. The number of urea groups is 1. The number of likely N-dealkylation sites (tertiary alicyclic amines) is 1. The smallest absolute Gasteiger partial charge is 0.320 e. The predicted molar refractivity (Wildman–Crippen MR) is 121 cm³/mol. The minimum Gasteiger partial charge on any atom is -0.490 e. The molecule has 3 saturated heterocycles. The summed E-state index contributed by atoms with van der Waals surface area (Å²) >= 11 is 0. The summed E-state index contributed by atoms with van der Waals surface area (Å²) in [6.07, 6.45) is 6.81. The lowest BCUT2D eigenvalue weighted by Crippen LogP contribution is -2.54. The van der Waals surface area contributed by atoms with Crippen LogP contribution < -0.4 is 9.64 Å². The lowest BCUT2D eigenvalue weighted by Gasteiger charge is -2.41. The summed E-state index contributed by atoms with van der Waals surface area (Å²) in [5, 5.41) is 0. The highest BCUT2D eigenvalue weighted by molar-refractivity contribution is 5.75. The molecule has 0 radical (unpaired) electrons. The van der Waals surface area contributed by atoms with Gasteiger partial charge in [0.25, 0.3) is 0 Å². The molecule has 1 saturated carbocycles. The minimum atomic E-state index is 0.162. The summed E-state index contributed by atoms with van der Waals surface area (Å²) in [5.74, 6) is 0.979. The molecule has 4 aliphatic rings. The fraction of sp³-hybridized carbons (Fsp3) is 0.708. The van der Waals surface area contributed by atoms with Crippen molar-refractivity contribution in [3.63, 3.8) is 0 Å². The number of morpholine rings is 1. The first-order chi connectivity index (χ1) is 15.3. The van der Waals surface area contributed by atoms with E-state index in [0.29, 0.717) is 32.4 Å². The molecule has 7 heteroatoms. The van der Waals surface area contributed by atoms with Gasteiger partial charge in [0.2, 0.25) is 0 Å². The van der Waals surface area contributed by atoms with Crippen molar-refractivity contribution >= 4 is 11.7 Å². The Labute approximate surface area is 185 Å². The Balaban J connectivity index is 1.07. The van der Waals surface area contributed by atoms with Gasteiger partial charge in [0.05, 0.1) is 13.2 Å². The summed E-state index contributed by atoms with van der Waals surface area (Å²) in [4.78, 5) is 21.6. The van der Waals surface area contributed by atoms with Gasteiger partial charge in [0.1, 0.15) is 11.9 Å². The number of piperidine rings is 1. The average Bonchev–Trinajstić information content (AvgIpc) is 2.80. The van der Waals surface area contributed by atoms with Gasteiger partial charge in [-0.15, -0.1) is 0 Å². The van der Waals surface area contributed by atoms with E-state index in [2.05, 4.69) is 34.1 Å². The number of carbonyl (C=O) groups excluding carboxylic acids is 1. The molecule has 4 fully saturated rings. The maximum absolute atomic E-state index is 12.7. The van der Waals surface area contributed by atoms with Crippen LogP contribution >= 0.6 is 0 Å². The summed E-state index contributed by atoms with van der Waals surface area (Å²) in [6, 6.07) is 9.56. The molecule has 170 valence electrons. The average molecular weight is 429 g/mol. The molecule has 1 aromatic rings. The number of hydrogen-bond donors (Lipinski definition) is 0. The molecule has 0 aromatic heterocycles. The normalized spacial score (nSPS) is 24.2. The van der Waals surface area contributed by atoms with Crippen LogP contribution in [-0.4, -0.2) is 98.4 Å². The van der Waals surface area contributed by atoms with Crippen molar-refractivity contribution in [2.75, 3.05) is 70.5 Å². The highest BCUT2D eigenvalue weighted by Gasteiger charge is 2.29.